The van der Waals surface area contributed by atoms with E-state index in [0.29, 0.717) is 6.42 Å². The zero-order valence-electron chi connectivity index (χ0n) is 15.2. The quantitative estimate of drug-likeness (QED) is 0.772. The molecule has 1 N–H and O–H groups in total. The van der Waals surface area contributed by atoms with Crippen molar-refractivity contribution in [3.63, 3.8) is 0 Å². The van der Waals surface area contributed by atoms with E-state index in [0.717, 1.165) is 29.9 Å². The highest BCUT2D eigenvalue weighted by Crippen LogP contribution is 2.52. The Morgan fingerprint density at radius 3 is 2.48 bits per heavy atom. The van der Waals surface area contributed by atoms with Gasteiger partial charge in [-0.15, -0.1) is 10.2 Å². The lowest BCUT2D eigenvalue weighted by Crippen LogP contribution is -2.20. The van der Waals surface area contributed by atoms with Crippen molar-refractivity contribution in [3.05, 3.63) is 65.1 Å². The van der Waals surface area contributed by atoms with Crippen LogP contribution in [0.3, 0.4) is 0 Å². The van der Waals surface area contributed by atoms with Gasteiger partial charge in [0.05, 0.1) is 5.41 Å². The van der Waals surface area contributed by atoms with E-state index in [2.05, 4.69) is 78.0 Å². The Labute approximate surface area is 148 Å². The Kier molecular flexibility index (Phi) is 3.69. The average molecular weight is 335 g/mol. The molecule has 0 aliphatic heterocycles. The van der Waals surface area contributed by atoms with Crippen LogP contribution < -0.4 is 0 Å². The first-order valence-electron chi connectivity index (χ1n) is 9.01. The first kappa shape index (κ1) is 16.3. The van der Waals surface area contributed by atoms with Gasteiger partial charge in [-0.1, -0.05) is 49.7 Å². The fourth-order valence-electron chi connectivity index (χ4n) is 3.82. The van der Waals surface area contributed by atoms with E-state index in [-0.39, 0.29) is 17.4 Å². The number of aryl methyl sites for hydroxylation is 1. The van der Waals surface area contributed by atoms with Gasteiger partial charge in [-0.2, -0.15) is 0 Å². The van der Waals surface area contributed by atoms with E-state index in [1.807, 2.05) is 0 Å². The van der Waals surface area contributed by atoms with Crippen LogP contribution in [-0.2, 0) is 10.8 Å². The highest BCUT2D eigenvalue weighted by molar-refractivity contribution is 5.54. The molecule has 4 rings (SSSR count). The van der Waals surface area contributed by atoms with Gasteiger partial charge in [0.2, 0.25) is 0 Å². The van der Waals surface area contributed by atoms with Crippen LogP contribution in [0.15, 0.2) is 42.6 Å². The molecule has 0 bridgehead atoms. The molecule has 130 valence electrons. The summed E-state index contributed by atoms with van der Waals surface area (Å²) in [6.45, 7) is 6.59. The predicted molar refractivity (Wildman–Crippen MR) is 98.9 cm³/mol. The number of aromatic nitrogens is 3. The van der Waals surface area contributed by atoms with Gasteiger partial charge in [0.15, 0.2) is 5.65 Å². The summed E-state index contributed by atoms with van der Waals surface area (Å²) in [6.07, 6.45) is 5.00. The van der Waals surface area contributed by atoms with E-state index in [9.17, 15) is 5.11 Å². The van der Waals surface area contributed by atoms with Crippen molar-refractivity contribution in [2.24, 2.45) is 0 Å². The maximum absolute atomic E-state index is 9.41. The number of hydrogen-bond donors (Lipinski definition) is 1. The van der Waals surface area contributed by atoms with Crippen LogP contribution >= 0.6 is 0 Å². The van der Waals surface area contributed by atoms with Crippen molar-refractivity contribution in [2.45, 2.75) is 50.9 Å². The van der Waals surface area contributed by atoms with Crippen molar-refractivity contribution in [3.8, 4) is 0 Å². The molecule has 4 heteroatoms. The summed E-state index contributed by atoms with van der Waals surface area (Å²) in [6, 6.07) is 13.0. The molecular weight excluding hydrogens is 310 g/mol. The molecule has 2 heterocycles. The Morgan fingerprint density at radius 1 is 1.12 bits per heavy atom. The number of nitrogens with zero attached hydrogens (tertiary/aromatic N) is 3. The molecule has 2 aromatic heterocycles. The predicted octanol–water partition coefficient (Wildman–Crippen LogP) is 3.78. The van der Waals surface area contributed by atoms with Crippen LogP contribution in [0.5, 0.6) is 0 Å². The van der Waals surface area contributed by atoms with Gasteiger partial charge < -0.3 is 5.11 Å². The molecule has 0 unspecified atom stereocenters. The summed E-state index contributed by atoms with van der Waals surface area (Å²) in [5, 5.41) is 18.6. The van der Waals surface area contributed by atoms with E-state index in [1.165, 1.54) is 11.1 Å². The first-order chi connectivity index (χ1) is 12.0. The molecule has 3 aromatic rings. The van der Waals surface area contributed by atoms with Crippen LogP contribution in [0.1, 0.15) is 55.6 Å². The Bertz CT molecular complexity index is 905. The lowest BCUT2D eigenvalue weighted by molar-refractivity contribution is 0.252. The number of aliphatic hydroxyl groups excluding tert-OH is 1. The molecule has 1 aromatic carbocycles. The van der Waals surface area contributed by atoms with Crippen molar-refractivity contribution in [1.29, 1.82) is 0 Å². The van der Waals surface area contributed by atoms with Crippen molar-refractivity contribution in [1.82, 2.24) is 14.6 Å². The van der Waals surface area contributed by atoms with E-state index >= 15 is 0 Å². The molecule has 1 aliphatic rings. The number of fused-ring (bicyclic) bond motifs is 1. The second-order valence-electron chi connectivity index (χ2n) is 7.94. The minimum atomic E-state index is -0.137. The molecule has 4 nitrogen and oxygen atoms in total. The highest BCUT2D eigenvalue weighted by atomic mass is 16.3. The van der Waals surface area contributed by atoms with Gasteiger partial charge in [0.1, 0.15) is 5.82 Å². The third-order valence-corrected chi connectivity index (χ3v) is 5.68. The first-order valence-corrected chi connectivity index (χ1v) is 9.01. The zero-order valence-corrected chi connectivity index (χ0v) is 15.2. The lowest BCUT2D eigenvalue weighted by Gasteiger charge is -2.24. The maximum atomic E-state index is 9.41. The second kappa shape index (κ2) is 5.67. The summed E-state index contributed by atoms with van der Waals surface area (Å²) in [5.41, 5.74) is 4.51. The van der Waals surface area contributed by atoms with E-state index in [4.69, 9.17) is 0 Å². The largest absolute Gasteiger partial charge is 0.396 e. The van der Waals surface area contributed by atoms with Crippen LogP contribution in [0.2, 0.25) is 0 Å². The van der Waals surface area contributed by atoms with Gasteiger partial charge in [-0.05, 0) is 43.2 Å². The molecule has 25 heavy (non-hydrogen) atoms. The second-order valence-corrected chi connectivity index (χ2v) is 7.94. The Hall–Kier alpha value is -2.20. The standard InChI is InChI=1S/C21H25N3O/c1-15-6-8-16(9-7-15)21(10-11-21)19-23-22-18-17(5-4-13-24(18)19)20(2,3)12-14-25/h4-9,13,25H,10-12,14H2,1-3H3. The minimum absolute atomic E-state index is 0.00708. The van der Waals surface area contributed by atoms with Crippen LogP contribution in [0.25, 0.3) is 5.65 Å². The number of benzene rings is 1. The highest BCUT2D eigenvalue weighted by Gasteiger charge is 2.49. The SMILES string of the molecule is Cc1ccc(C2(c3nnc4c(C(C)(C)CCO)cccn34)CC2)cc1. The summed E-state index contributed by atoms with van der Waals surface area (Å²) >= 11 is 0. The molecule has 0 spiro atoms. The van der Waals surface area contributed by atoms with Crippen molar-refractivity contribution in [2.75, 3.05) is 6.61 Å². The number of rotatable bonds is 5. The third kappa shape index (κ3) is 2.56. The molecule has 0 saturated heterocycles. The number of aliphatic hydroxyl groups is 1. The summed E-state index contributed by atoms with van der Waals surface area (Å²) < 4.78 is 2.15. The number of pyridine rings is 1. The van der Waals surface area contributed by atoms with Crippen molar-refractivity contribution < 1.29 is 5.11 Å². The molecule has 1 saturated carbocycles. The third-order valence-electron chi connectivity index (χ3n) is 5.68. The van der Waals surface area contributed by atoms with Gasteiger partial charge in [0, 0.05) is 18.4 Å². The topological polar surface area (TPSA) is 50.4 Å². The van der Waals surface area contributed by atoms with Crippen LogP contribution in [0, 0.1) is 6.92 Å². The molecule has 0 atom stereocenters. The monoisotopic (exact) mass is 335 g/mol. The van der Waals surface area contributed by atoms with Gasteiger partial charge in [-0.25, -0.2) is 0 Å². The maximum Gasteiger partial charge on any atom is 0.164 e. The fourth-order valence-corrected chi connectivity index (χ4v) is 3.82. The fraction of sp³-hybridized carbons (Fsp3) is 0.429. The Morgan fingerprint density at radius 2 is 1.84 bits per heavy atom. The lowest BCUT2D eigenvalue weighted by atomic mass is 9.82. The van der Waals surface area contributed by atoms with E-state index in [1.54, 1.807) is 0 Å². The van der Waals surface area contributed by atoms with E-state index < -0.39 is 0 Å². The summed E-state index contributed by atoms with van der Waals surface area (Å²) in [7, 11) is 0. The normalized spacial score (nSPS) is 16.3. The van der Waals surface area contributed by atoms with Crippen LogP contribution in [0.4, 0.5) is 0 Å². The Balaban J connectivity index is 1.84. The molecule has 0 amide bonds. The average Bonchev–Trinajstić information content (AvgIpc) is 3.27. The molecule has 1 fully saturated rings. The van der Waals surface area contributed by atoms with Crippen molar-refractivity contribution >= 4 is 5.65 Å². The zero-order chi connectivity index (χ0) is 17.7. The summed E-state index contributed by atoms with van der Waals surface area (Å²) in [5.74, 6) is 1.04. The molecular formula is C21H25N3O. The van der Waals surface area contributed by atoms with Gasteiger partial charge in [-0.3, -0.25) is 4.40 Å². The number of hydrogen-bond acceptors (Lipinski definition) is 3. The molecule has 0 radical (unpaired) electrons. The summed E-state index contributed by atoms with van der Waals surface area (Å²) in [4.78, 5) is 0. The minimum Gasteiger partial charge on any atom is -0.396 e. The smallest absolute Gasteiger partial charge is 0.164 e. The van der Waals surface area contributed by atoms with Gasteiger partial charge in [0.25, 0.3) is 0 Å². The van der Waals surface area contributed by atoms with Crippen LogP contribution in [-0.4, -0.2) is 26.3 Å². The molecule has 1 aliphatic carbocycles. The van der Waals surface area contributed by atoms with Gasteiger partial charge >= 0.3 is 0 Å².